The molecule has 7 nitrogen and oxygen atoms in total. The molecule has 0 bridgehead atoms. The van der Waals surface area contributed by atoms with Crippen LogP contribution in [0.4, 0.5) is 5.69 Å². The minimum atomic E-state index is -4.01. The molecule has 3 aromatic rings. The zero-order valence-corrected chi connectivity index (χ0v) is 21.2. The molecule has 0 radical (unpaired) electrons. The second kappa shape index (κ2) is 9.99. The highest BCUT2D eigenvalue weighted by Crippen LogP contribution is 2.28. The number of sulfonamides is 1. The van der Waals surface area contributed by atoms with Crippen LogP contribution in [-0.2, 0) is 24.7 Å². The molecule has 0 aliphatic carbocycles. The number of amides is 1. The standard InChI is InChI=1S/C25H28N2O5S2/c1-18-9-8-12-24(19(18)2)27(34(31,32)23-10-6-5-7-11-23)17-25(28)26-20(3)21-13-15-22(16-14-21)33(4,29)30/h5-16,20H,17H2,1-4H3,(H,26,28)/t20-/m1/s1. The lowest BCUT2D eigenvalue weighted by molar-refractivity contribution is -0.120. The average molecular weight is 501 g/mol. The number of hydrogen-bond acceptors (Lipinski definition) is 5. The van der Waals surface area contributed by atoms with Crippen LogP contribution in [0.5, 0.6) is 0 Å². The van der Waals surface area contributed by atoms with Crippen LogP contribution in [0, 0.1) is 13.8 Å². The molecule has 180 valence electrons. The van der Waals surface area contributed by atoms with E-state index in [2.05, 4.69) is 5.32 Å². The van der Waals surface area contributed by atoms with Crippen LogP contribution in [0.25, 0.3) is 0 Å². The second-order valence-electron chi connectivity index (χ2n) is 8.17. The maximum absolute atomic E-state index is 13.5. The summed E-state index contributed by atoms with van der Waals surface area (Å²) in [4.78, 5) is 13.3. The molecule has 0 saturated heterocycles. The van der Waals surface area contributed by atoms with Crippen LogP contribution < -0.4 is 9.62 Å². The number of benzene rings is 3. The highest BCUT2D eigenvalue weighted by atomic mass is 32.2. The number of aryl methyl sites for hydroxylation is 1. The van der Waals surface area contributed by atoms with Crippen molar-refractivity contribution in [2.45, 2.75) is 36.6 Å². The lowest BCUT2D eigenvalue weighted by atomic mass is 10.1. The molecular weight excluding hydrogens is 472 g/mol. The molecule has 3 rings (SSSR count). The average Bonchev–Trinajstić information content (AvgIpc) is 2.79. The quantitative estimate of drug-likeness (QED) is 0.507. The van der Waals surface area contributed by atoms with E-state index in [1.54, 1.807) is 49.4 Å². The third kappa shape index (κ3) is 5.66. The molecule has 0 aliphatic heterocycles. The summed E-state index contributed by atoms with van der Waals surface area (Å²) < 4.78 is 51.5. The first-order chi connectivity index (χ1) is 15.9. The van der Waals surface area contributed by atoms with Gasteiger partial charge < -0.3 is 5.32 Å². The zero-order chi connectivity index (χ0) is 25.1. The molecule has 0 fully saturated rings. The Bertz CT molecular complexity index is 1380. The second-order valence-corrected chi connectivity index (χ2v) is 12.1. The first kappa shape index (κ1) is 25.5. The molecule has 3 aromatic carbocycles. The van der Waals surface area contributed by atoms with Gasteiger partial charge in [0.1, 0.15) is 6.54 Å². The summed E-state index contributed by atoms with van der Waals surface area (Å²) in [7, 11) is -7.33. The van der Waals surface area contributed by atoms with E-state index in [4.69, 9.17) is 0 Å². The number of nitrogens with one attached hydrogen (secondary N) is 1. The molecule has 0 aromatic heterocycles. The highest BCUT2D eigenvalue weighted by Gasteiger charge is 2.29. The SMILES string of the molecule is Cc1cccc(N(CC(=O)N[C@H](C)c2ccc(S(C)(=O)=O)cc2)S(=O)(=O)c2ccccc2)c1C. The van der Waals surface area contributed by atoms with Crippen molar-refractivity contribution in [1.29, 1.82) is 0 Å². The lowest BCUT2D eigenvalue weighted by Gasteiger charge is -2.27. The molecule has 0 saturated carbocycles. The zero-order valence-electron chi connectivity index (χ0n) is 19.5. The molecule has 0 aliphatic rings. The van der Waals surface area contributed by atoms with Gasteiger partial charge in [-0.3, -0.25) is 9.10 Å². The summed E-state index contributed by atoms with van der Waals surface area (Å²) >= 11 is 0. The number of rotatable bonds is 8. The third-order valence-electron chi connectivity index (χ3n) is 5.65. The Labute approximate surface area is 201 Å². The number of nitrogens with zero attached hydrogens (tertiary/aromatic N) is 1. The fourth-order valence-corrected chi connectivity index (χ4v) is 5.66. The number of carbonyl (C=O) groups excluding carboxylic acids is 1. The van der Waals surface area contributed by atoms with Crippen molar-refractivity contribution >= 4 is 31.5 Å². The molecule has 0 spiro atoms. The first-order valence-electron chi connectivity index (χ1n) is 10.6. The fourth-order valence-electron chi connectivity index (χ4n) is 3.53. The normalized spacial score (nSPS) is 12.7. The van der Waals surface area contributed by atoms with E-state index in [9.17, 15) is 21.6 Å². The van der Waals surface area contributed by atoms with E-state index in [0.717, 1.165) is 21.7 Å². The Morgan fingerprint density at radius 3 is 2.06 bits per heavy atom. The van der Waals surface area contributed by atoms with Crippen molar-refractivity contribution in [3.63, 3.8) is 0 Å². The fraction of sp³-hybridized carbons (Fsp3) is 0.240. The summed E-state index contributed by atoms with van der Waals surface area (Å²) in [6.45, 7) is 5.05. The minimum absolute atomic E-state index is 0.0909. The molecule has 9 heteroatoms. The molecule has 34 heavy (non-hydrogen) atoms. The van der Waals surface area contributed by atoms with Gasteiger partial charge in [-0.05, 0) is 67.8 Å². The minimum Gasteiger partial charge on any atom is -0.348 e. The van der Waals surface area contributed by atoms with E-state index in [1.807, 2.05) is 19.9 Å². The third-order valence-corrected chi connectivity index (χ3v) is 8.55. The number of carbonyl (C=O) groups is 1. The summed E-state index contributed by atoms with van der Waals surface area (Å²) in [6.07, 6.45) is 1.13. The van der Waals surface area contributed by atoms with E-state index in [0.29, 0.717) is 11.3 Å². The Kier molecular flexibility index (Phi) is 7.48. The van der Waals surface area contributed by atoms with Crippen LogP contribution in [0.3, 0.4) is 0 Å². The van der Waals surface area contributed by atoms with Crippen molar-refractivity contribution in [3.05, 3.63) is 89.5 Å². The van der Waals surface area contributed by atoms with Crippen LogP contribution in [-0.4, -0.2) is 35.5 Å². The molecule has 1 N–H and O–H groups in total. The summed E-state index contributed by atoms with van der Waals surface area (Å²) in [5, 5.41) is 2.82. The van der Waals surface area contributed by atoms with Gasteiger partial charge in [0.05, 0.1) is 21.5 Å². The largest absolute Gasteiger partial charge is 0.348 e. The van der Waals surface area contributed by atoms with Crippen molar-refractivity contribution in [2.75, 3.05) is 17.1 Å². The smallest absolute Gasteiger partial charge is 0.264 e. The lowest BCUT2D eigenvalue weighted by Crippen LogP contribution is -2.42. The Morgan fingerprint density at radius 2 is 1.47 bits per heavy atom. The number of anilines is 1. The van der Waals surface area contributed by atoms with Gasteiger partial charge in [-0.2, -0.15) is 0 Å². The highest BCUT2D eigenvalue weighted by molar-refractivity contribution is 7.93. The monoisotopic (exact) mass is 500 g/mol. The molecule has 0 unspecified atom stereocenters. The van der Waals surface area contributed by atoms with Gasteiger partial charge in [0.15, 0.2) is 9.84 Å². The van der Waals surface area contributed by atoms with Crippen LogP contribution in [0.15, 0.2) is 82.6 Å². The molecule has 1 atom stereocenters. The molecular formula is C25H28N2O5S2. The van der Waals surface area contributed by atoms with Crippen molar-refractivity contribution in [1.82, 2.24) is 5.32 Å². The maximum atomic E-state index is 13.5. The Balaban J connectivity index is 1.89. The van der Waals surface area contributed by atoms with E-state index >= 15 is 0 Å². The predicted molar refractivity (Wildman–Crippen MR) is 133 cm³/mol. The van der Waals surface area contributed by atoms with Crippen molar-refractivity contribution in [3.8, 4) is 0 Å². The van der Waals surface area contributed by atoms with E-state index < -0.39 is 38.4 Å². The maximum Gasteiger partial charge on any atom is 0.264 e. The Hall–Kier alpha value is -3.17. The summed E-state index contributed by atoms with van der Waals surface area (Å²) in [5.74, 6) is -0.486. The first-order valence-corrected chi connectivity index (χ1v) is 14.0. The van der Waals surface area contributed by atoms with Crippen LogP contribution in [0.2, 0.25) is 0 Å². The van der Waals surface area contributed by atoms with Crippen molar-refractivity contribution in [2.24, 2.45) is 0 Å². The van der Waals surface area contributed by atoms with Gasteiger partial charge in [-0.25, -0.2) is 16.8 Å². The Morgan fingerprint density at radius 1 is 0.853 bits per heavy atom. The molecule has 0 heterocycles. The predicted octanol–water partition coefficient (Wildman–Crippen LogP) is 3.78. The number of sulfone groups is 1. The van der Waals surface area contributed by atoms with E-state index in [-0.39, 0.29) is 9.79 Å². The summed E-state index contributed by atoms with van der Waals surface area (Å²) in [6, 6.07) is 19.1. The van der Waals surface area contributed by atoms with Gasteiger partial charge in [-0.15, -0.1) is 0 Å². The van der Waals surface area contributed by atoms with Gasteiger partial charge >= 0.3 is 0 Å². The van der Waals surface area contributed by atoms with Gasteiger partial charge in [0.2, 0.25) is 5.91 Å². The van der Waals surface area contributed by atoms with Gasteiger partial charge in [-0.1, -0.05) is 42.5 Å². The van der Waals surface area contributed by atoms with E-state index in [1.165, 1.54) is 24.3 Å². The van der Waals surface area contributed by atoms with Crippen molar-refractivity contribution < 1.29 is 21.6 Å². The molecule has 1 amide bonds. The van der Waals surface area contributed by atoms with Gasteiger partial charge in [0.25, 0.3) is 10.0 Å². The van der Waals surface area contributed by atoms with Crippen LogP contribution in [0.1, 0.15) is 29.7 Å². The topological polar surface area (TPSA) is 101 Å². The van der Waals surface area contributed by atoms with Crippen LogP contribution >= 0.6 is 0 Å². The van der Waals surface area contributed by atoms with Gasteiger partial charge in [0, 0.05) is 6.26 Å². The summed E-state index contributed by atoms with van der Waals surface area (Å²) in [5.41, 5.74) is 2.80. The number of hydrogen-bond donors (Lipinski definition) is 1.